The van der Waals surface area contributed by atoms with Gasteiger partial charge in [-0.25, -0.2) is 0 Å². The Bertz CT molecular complexity index is 601. The van der Waals surface area contributed by atoms with Crippen LogP contribution < -0.4 is 20.1 Å². The maximum absolute atomic E-state index is 12.2. The van der Waals surface area contributed by atoms with Crippen molar-refractivity contribution in [3.63, 3.8) is 0 Å². The molecular formula is C15H19N3O5. The molecule has 0 aromatic heterocycles. The van der Waals surface area contributed by atoms with Crippen molar-refractivity contribution in [1.82, 2.24) is 10.2 Å². The fourth-order valence-electron chi connectivity index (χ4n) is 2.73. The Hall–Kier alpha value is -2.32. The number of fused-ring (bicyclic) bond motifs is 1. The number of hydrogen-bond donors (Lipinski definition) is 3. The average molecular weight is 321 g/mol. The lowest BCUT2D eigenvalue weighted by molar-refractivity contribution is -0.145. The molecule has 1 fully saturated rings. The molecule has 0 bridgehead atoms. The Balaban J connectivity index is 1.61. The number of carboxylic acids is 1. The van der Waals surface area contributed by atoms with Crippen molar-refractivity contribution in [2.75, 3.05) is 38.3 Å². The van der Waals surface area contributed by atoms with Gasteiger partial charge in [-0.1, -0.05) is 0 Å². The minimum absolute atomic E-state index is 0.0935. The number of piperazine rings is 1. The average Bonchev–Trinajstić information content (AvgIpc) is 3.01. The summed E-state index contributed by atoms with van der Waals surface area (Å²) in [5.74, 6) is -0.116. The Morgan fingerprint density at radius 1 is 1.26 bits per heavy atom. The van der Waals surface area contributed by atoms with Gasteiger partial charge in [0, 0.05) is 37.9 Å². The third kappa shape index (κ3) is 3.72. The number of anilines is 1. The molecule has 2 aliphatic rings. The lowest BCUT2D eigenvalue weighted by Crippen LogP contribution is -2.52. The van der Waals surface area contributed by atoms with E-state index in [1.165, 1.54) is 0 Å². The van der Waals surface area contributed by atoms with Crippen molar-refractivity contribution in [3.8, 4) is 11.5 Å². The first-order valence-corrected chi connectivity index (χ1v) is 7.50. The van der Waals surface area contributed by atoms with E-state index in [2.05, 4.69) is 10.6 Å². The van der Waals surface area contributed by atoms with Crippen molar-refractivity contribution in [1.29, 1.82) is 0 Å². The van der Waals surface area contributed by atoms with E-state index in [1.54, 1.807) is 18.2 Å². The maximum atomic E-state index is 12.2. The van der Waals surface area contributed by atoms with Gasteiger partial charge in [0.05, 0.1) is 6.42 Å². The van der Waals surface area contributed by atoms with E-state index in [1.807, 2.05) is 4.90 Å². The minimum Gasteiger partial charge on any atom is -0.480 e. The summed E-state index contributed by atoms with van der Waals surface area (Å²) in [5, 5.41) is 15.3. The van der Waals surface area contributed by atoms with Gasteiger partial charge in [0.15, 0.2) is 11.5 Å². The first-order chi connectivity index (χ1) is 11.1. The number of carboxylic acid groups (broad SMARTS) is 1. The van der Waals surface area contributed by atoms with Crippen molar-refractivity contribution in [2.24, 2.45) is 0 Å². The molecule has 124 valence electrons. The number of carbonyl (C=O) groups excluding carboxylic acids is 1. The van der Waals surface area contributed by atoms with Crippen LogP contribution in [0.5, 0.6) is 11.5 Å². The molecule has 1 aromatic carbocycles. The molecule has 1 saturated heterocycles. The van der Waals surface area contributed by atoms with E-state index >= 15 is 0 Å². The number of nitrogens with one attached hydrogen (secondary N) is 2. The molecule has 0 aliphatic carbocycles. The van der Waals surface area contributed by atoms with Crippen LogP contribution in [0.4, 0.5) is 5.69 Å². The molecule has 23 heavy (non-hydrogen) atoms. The van der Waals surface area contributed by atoms with Gasteiger partial charge >= 0.3 is 5.97 Å². The summed E-state index contributed by atoms with van der Waals surface area (Å²) in [4.78, 5) is 25.5. The predicted octanol–water partition coefficient (Wildman–Crippen LogP) is 0.102. The number of hydrogen-bond acceptors (Lipinski definition) is 6. The molecule has 3 N–H and O–H groups in total. The number of carbonyl (C=O) groups is 2. The van der Waals surface area contributed by atoms with E-state index in [4.69, 9.17) is 9.47 Å². The molecule has 3 rings (SSSR count). The number of aliphatic carboxylic acids is 1. The predicted molar refractivity (Wildman–Crippen MR) is 81.7 cm³/mol. The summed E-state index contributed by atoms with van der Waals surface area (Å²) in [7, 11) is 0. The van der Waals surface area contributed by atoms with Gasteiger partial charge in [-0.05, 0) is 12.1 Å². The molecule has 2 heterocycles. The number of nitrogens with zero attached hydrogens (tertiary/aromatic N) is 1. The van der Waals surface area contributed by atoms with E-state index in [0.29, 0.717) is 30.3 Å². The Labute approximate surface area is 133 Å². The zero-order chi connectivity index (χ0) is 16.2. The fourth-order valence-corrected chi connectivity index (χ4v) is 2.73. The Morgan fingerprint density at radius 3 is 2.74 bits per heavy atom. The molecule has 1 atom stereocenters. The van der Waals surface area contributed by atoms with E-state index in [0.717, 1.165) is 13.1 Å². The van der Waals surface area contributed by atoms with Crippen LogP contribution in [-0.4, -0.2) is 60.9 Å². The summed E-state index contributed by atoms with van der Waals surface area (Å²) in [6.45, 7) is 2.86. The first-order valence-electron chi connectivity index (χ1n) is 7.50. The van der Waals surface area contributed by atoms with Gasteiger partial charge in [0.1, 0.15) is 6.04 Å². The highest BCUT2D eigenvalue weighted by molar-refractivity contribution is 5.94. The van der Waals surface area contributed by atoms with Crippen LogP contribution in [0.1, 0.15) is 6.42 Å². The number of rotatable bonds is 5. The van der Waals surface area contributed by atoms with Crippen molar-refractivity contribution < 1.29 is 24.2 Å². The summed E-state index contributed by atoms with van der Waals surface area (Å²) >= 11 is 0. The highest BCUT2D eigenvalue weighted by atomic mass is 16.7. The van der Waals surface area contributed by atoms with Crippen LogP contribution >= 0.6 is 0 Å². The largest absolute Gasteiger partial charge is 0.480 e. The molecule has 8 heteroatoms. The van der Waals surface area contributed by atoms with Gasteiger partial charge in [0.2, 0.25) is 12.7 Å². The normalized spacial score (nSPS) is 18.4. The van der Waals surface area contributed by atoms with Crippen molar-refractivity contribution in [3.05, 3.63) is 18.2 Å². The molecule has 1 unspecified atom stereocenters. The van der Waals surface area contributed by atoms with Crippen molar-refractivity contribution >= 4 is 17.6 Å². The molecule has 1 aromatic rings. The zero-order valence-electron chi connectivity index (χ0n) is 12.6. The van der Waals surface area contributed by atoms with E-state index in [-0.39, 0.29) is 19.1 Å². The molecule has 0 radical (unpaired) electrons. The molecule has 2 aliphatic heterocycles. The summed E-state index contributed by atoms with van der Waals surface area (Å²) in [6, 6.07) is 4.27. The second-order valence-corrected chi connectivity index (χ2v) is 5.46. The van der Waals surface area contributed by atoms with Gasteiger partial charge < -0.3 is 25.2 Å². The quantitative estimate of drug-likeness (QED) is 0.707. The number of ether oxygens (including phenoxy) is 2. The van der Waals surface area contributed by atoms with E-state index in [9.17, 15) is 14.7 Å². The van der Waals surface area contributed by atoms with Crippen LogP contribution in [-0.2, 0) is 9.59 Å². The van der Waals surface area contributed by atoms with Crippen LogP contribution in [0.25, 0.3) is 0 Å². The smallest absolute Gasteiger partial charge is 0.321 e. The third-order valence-corrected chi connectivity index (χ3v) is 3.91. The lowest BCUT2D eigenvalue weighted by Gasteiger charge is -2.32. The summed E-state index contributed by atoms with van der Waals surface area (Å²) in [5.41, 5.74) is 0.559. The Kier molecular flexibility index (Phi) is 4.63. The first kappa shape index (κ1) is 15.6. The second kappa shape index (κ2) is 6.84. The van der Waals surface area contributed by atoms with Crippen molar-refractivity contribution in [2.45, 2.75) is 12.5 Å². The second-order valence-electron chi connectivity index (χ2n) is 5.46. The Morgan fingerprint density at radius 2 is 2.00 bits per heavy atom. The molecule has 8 nitrogen and oxygen atoms in total. The van der Waals surface area contributed by atoms with E-state index < -0.39 is 12.0 Å². The fraction of sp³-hybridized carbons (Fsp3) is 0.467. The number of amides is 1. The highest BCUT2D eigenvalue weighted by Gasteiger charge is 2.29. The lowest BCUT2D eigenvalue weighted by atomic mass is 10.1. The van der Waals surface area contributed by atoms with Gasteiger partial charge in [-0.3, -0.25) is 14.5 Å². The standard InChI is InChI=1S/C15H19N3O5/c19-14(8-11(15(20)21)18-5-3-16-4-6-18)17-10-1-2-12-13(7-10)23-9-22-12/h1-2,7,11,16H,3-6,8-9H2,(H,17,19)(H,20,21). The van der Waals surface area contributed by atoms with Gasteiger partial charge in [0.25, 0.3) is 0 Å². The number of benzene rings is 1. The monoisotopic (exact) mass is 321 g/mol. The van der Waals surface area contributed by atoms with Gasteiger partial charge in [-0.15, -0.1) is 0 Å². The van der Waals surface area contributed by atoms with Crippen LogP contribution in [0.3, 0.4) is 0 Å². The molecular weight excluding hydrogens is 302 g/mol. The van der Waals surface area contributed by atoms with Crippen LogP contribution in [0.2, 0.25) is 0 Å². The highest BCUT2D eigenvalue weighted by Crippen LogP contribution is 2.34. The van der Waals surface area contributed by atoms with Crippen LogP contribution in [0.15, 0.2) is 18.2 Å². The SMILES string of the molecule is O=C(CC(C(=O)O)N1CCNCC1)Nc1ccc2c(c1)OCO2. The summed E-state index contributed by atoms with van der Waals surface area (Å²) in [6.07, 6.45) is -0.0935. The van der Waals surface area contributed by atoms with Gasteiger partial charge in [-0.2, -0.15) is 0 Å². The maximum Gasteiger partial charge on any atom is 0.321 e. The topological polar surface area (TPSA) is 100 Å². The van der Waals surface area contributed by atoms with Crippen LogP contribution in [0, 0.1) is 0 Å². The summed E-state index contributed by atoms with van der Waals surface area (Å²) < 4.78 is 10.5. The third-order valence-electron chi connectivity index (χ3n) is 3.91. The zero-order valence-corrected chi connectivity index (χ0v) is 12.6. The molecule has 0 saturated carbocycles. The molecule has 0 spiro atoms. The molecule has 1 amide bonds. The minimum atomic E-state index is -0.979.